The summed E-state index contributed by atoms with van der Waals surface area (Å²) in [6.07, 6.45) is 1.96. The number of hydrogen-bond acceptors (Lipinski definition) is 2. The highest BCUT2D eigenvalue weighted by Gasteiger charge is 2.14. The molecule has 0 atom stereocenters. The Bertz CT molecular complexity index is 714. The number of fused-ring (bicyclic) bond motifs is 1. The first-order valence-electron chi connectivity index (χ1n) is 5.42. The van der Waals surface area contributed by atoms with Crippen LogP contribution in [0.4, 0.5) is 0 Å². The predicted octanol–water partition coefficient (Wildman–Crippen LogP) is 4.01. The van der Waals surface area contributed by atoms with Crippen LogP contribution in [0.3, 0.4) is 0 Å². The van der Waals surface area contributed by atoms with Crippen molar-refractivity contribution in [1.82, 2.24) is 14.6 Å². The van der Waals surface area contributed by atoms with Gasteiger partial charge in [0.25, 0.3) is 0 Å². The van der Waals surface area contributed by atoms with Gasteiger partial charge in [0.15, 0.2) is 11.5 Å². The maximum Gasteiger partial charge on any atom is 0.171 e. The van der Waals surface area contributed by atoms with Crippen molar-refractivity contribution in [3.05, 3.63) is 52.1 Å². The Morgan fingerprint density at radius 3 is 2.44 bits per heavy atom. The van der Waals surface area contributed by atoms with E-state index in [2.05, 4.69) is 10.2 Å². The van der Waals surface area contributed by atoms with Gasteiger partial charge >= 0.3 is 0 Å². The maximum absolute atomic E-state index is 6.20. The Labute approximate surface area is 114 Å². The molecule has 3 rings (SSSR count). The molecule has 90 valence electrons. The Morgan fingerprint density at radius 2 is 1.72 bits per heavy atom. The number of halogens is 2. The van der Waals surface area contributed by atoms with E-state index in [1.165, 1.54) is 0 Å². The fourth-order valence-electron chi connectivity index (χ4n) is 1.88. The van der Waals surface area contributed by atoms with E-state index in [-0.39, 0.29) is 0 Å². The summed E-state index contributed by atoms with van der Waals surface area (Å²) in [4.78, 5) is 0. The van der Waals surface area contributed by atoms with Gasteiger partial charge in [-0.3, -0.25) is 4.40 Å². The van der Waals surface area contributed by atoms with Crippen LogP contribution >= 0.6 is 23.2 Å². The standard InChI is InChI=1S/C13H9Cl2N3/c1-8-5-6-11-16-17-13(18(11)7-8)12-9(14)3-2-4-10(12)15/h2-7H,1H3. The van der Waals surface area contributed by atoms with Crippen molar-refractivity contribution in [2.75, 3.05) is 0 Å². The second kappa shape index (κ2) is 4.26. The lowest BCUT2D eigenvalue weighted by atomic mass is 10.2. The van der Waals surface area contributed by atoms with Crippen molar-refractivity contribution in [2.24, 2.45) is 0 Å². The Kier molecular flexibility index (Phi) is 2.73. The molecule has 0 fully saturated rings. The van der Waals surface area contributed by atoms with Gasteiger partial charge in [-0.05, 0) is 30.7 Å². The van der Waals surface area contributed by atoms with Crippen LogP contribution in [0.5, 0.6) is 0 Å². The number of rotatable bonds is 1. The first kappa shape index (κ1) is 11.5. The largest absolute Gasteiger partial charge is 0.282 e. The zero-order valence-corrected chi connectivity index (χ0v) is 11.1. The average molecular weight is 278 g/mol. The van der Waals surface area contributed by atoms with Gasteiger partial charge in [-0.25, -0.2) is 0 Å². The number of benzene rings is 1. The Balaban J connectivity index is 2.35. The topological polar surface area (TPSA) is 30.2 Å². The number of pyridine rings is 1. The molecule has 1 aromatic carbocycles. The molecule has 18 heavy (non-hydrogen) atoms. The SMILES string of the molecule is Cc1ccc2nnc(-c3c(Cl)cccc3Cl)n2c1. The van der Waals surface area contributed by atoms with E-state index in [4.69, 9.17) is 23.2 Å². The van der Waals surface area contributed by atoms with Crippen molar-refractivity contribution in [3.8, 4) is 11.4 Å². The van der Waals surface area contributed by atoms with Gasteiger partial charge in [0, 0.05) is 6.20 Å². The molecule has 3 nitrogen and oxygen atoms in total. The molecule has 3 aromatic rings. The molecule has 0 saturated carbocycles. The number of nitrogens with zero attached hydrogens (tertiary/aromatic N) is 3. The van der Waals surface area contributed by atoms with Crippen LogP contribution in [-0.4, -0.2) is 14.6 Å². The van der Waals surface area contributed by atoms with Gasteiger partial charge in [-0.15, -0.1) is 10.2 Å². The molecule has 0 N–H and O–H groups in total. The normalized spacial score (nSPS) is 11.1. The van der Waals surface area contributed by atoms with Crippen molar-refractivity contribution >= 4 is 28.8 Å². The molecule has 0 aliphatic rings. The molecule has 0 aliphatic carbocycles. The van der Waals surface area contributed by atoms with Crippen LogP contribution in [0.15, 0.2) is 36.5 Å². The molecule has 5 heteroatoms. The molecule has 0 saturated heterocycles. The zero-order valence-electron chi connectivity index (χ0n) is 9.56. The summed E-state index contributed by atoms with van der Waals surface area (Å²) in [5, 5.41) is 9.42. The minimum atomic E-state index is 0.568. The first-order chi connectivity index (χ1) is 8.66. The Hall–Kier alpha value is -1.58. The van der Waals surface area contributed by atoms with Crippen molar-refractivity contribution in [2.45, 2.75) is 6.92 Å². The van der Waals surface area contributed by atoms with Gasteiger partial charge in [0.2, 0.25) is 0 Å². The van der Waals surface area contributed by atoms with Crippen molar-refractivity contribution in [1.29, 1.82) is 0 Å². The molecule has 0 radical (unpaired) electrons. The molecular formula is C13H9Cl2N3. The van der Waals surface area contributed by atoms with Crippen LogP contribution in [0, 0.1) is 6.92 Å². The summed E-state index contributed by atoms with van der Waals surface area (Å²) in [5.74, 6) is 0.657. The minimum absolute atomic E-state index is 0.568. The lowest BCUT2D eigenvalue weighted by molar-refractivity contribution is 1.11. The van der Waals surface area contributed by atoms with E-state index in [0.717, 1.165) is 11.2 Å². The molecule has 2 aromatic heterocycles. The molecule has 2 heterocycles. The first-order valence-corrected chi connectivity index (χ1v) is 6.18. The fourth-order valence-corrected chi connectivity index (χ4v) is 2.45. The van der Waals surface area contributed by atoms with Crippen LogP contribution < -0.4 is 0 Å². The number of aryl methyl sites for hydroxylation is 1. The summed E-state index contributed by atoms with van der Waals surface area (Å²) in [6.45, 7) is 2.01. The molecular weight excluding hydrogens is 269 g/mol. The highest BCUT2D eigenvalue weighted by atomic mass is 35.5. The van der Waals surface area contributed by atoms with Gasteiger partial charge in [-0.1, -0.05) is 35.3 Å². The summed E-state index contributed by atoms with van der Waals surface area (Å²) < 4.78 is 1.89. The summed E-state index contributed by atoms with van der Waals surface area (Å²) in [6, 6.07) is 9.29. The van der Waals surface area contributed by atoms with Gasteiger partial charge in [0.1, 0.15) is 0 Å². The molecule has 0 bridgehead atoms. The summed E-state index contributed by atoms with van der Waals surface area (Å²) >= 11 is 12.4. The zero-order chi connectivity index (χ0) is 12.7. The van der Waals surface area contributed by atoms with Crippen molar-refractivity contribution in [3.63, 3.8) is 0 Å². The minimum Gasteiger partial charge on any atom is -0.282 e. The van der Waals surface area contributed by atoms with Crippen LogP contribution in [0.1, 0.15) is 5.56 Å². The van der Waals surface area contributed by atoms with Gasteiger partial charge < -0.3 is 0 Å². The highest BCUT2D eigenvalue weighted by molar-refractivity contribution is 6.39. The second-order valence-corrected chi connectivity index (χ2v) is 4.87. The van der Waals surface area contributed by atoms with Crippen LogP contribution in [0.2, 0.25) is 10.0 Å². The third kappa shape index (κ3) is 1.76. The summed E-state index contributed by atoms with van der Waals surface area (Å²) in [5.41, 5.74) is 2.59. The van der Waals surface area contributed by atoms with E-state index in [1.54, 1.807) is 12.1 Å². The lowest BCUT2D eigenvalue weighted by Gasteiger charge is -2.05. The third-order valence-electron chi connectivity index (χ3n) is 2.74. The van der Waals surface area contributed by atoms with E-state index >= 15 is 0 Å². The average Bonchev–Trinajstić information content (AvgIpc) is 2.72. The lowest BCUT2D eigenvalue weighted by Crippen LogP contribution is -1.92. The smallest absolute Gasteiger partial charge is 0.171 e. The predicted molar refractivity (Wildman–Crippen MR) is 73.2 cm³/mol. The maximum atomic E-state index is 6.20. The quantitative estimate of drug-likeness (QED) is 0.673. The number of hydrogen-bond donors (Lipinski definition) is 0. The van der Waals surface area contributed by atoms with E-state index in [0.29, 0.717) is 21.4 Å². The highest BCUT2D eigenvalue weighted by Crippen LogP contribution is 2.33. The van der Waals surface area contributed by atoms with E-state index < -0.39 is 0 Å². The van der Waals surface area contributed by atoms with Crippen LogP contribution in [-0.2, 0) is 0 Å². The number of aromatic nitrogens is 3. The third-order valence-corrected chi connectivity index (χ3v) is 3.37. The van der Waals surface area contributed by atoms with E-state index in [1.807, 2.05) is 35.7 Å². The second-order valence-electron chi connectivity index (χ2n) is 4.05. The van der Waals surface area contributed by atoms with Gasteiger partial charge in [0.05, 0.1) is 15.6 Å². The molecule has 0 aliphatic heterocycles. The molecule has 0 amide bonds. The Morgan fingerprint density at radius 1 is 1.00 bits per heavy atom. The fraction of sp³-hybridized carbons (Fsp3) is 0.0769. The summed E-state index contributed by atoms with van der Waals surface area (Å²) in [7, 11) is 0. The molecule has 0 spiro atoms. The van der Waals surface area contributed by atoms with Crippen molar-refractivity contribution < 1.29 is 0 Å². The van der Waals surface area contributed by atoms with Gasteiger partial charge in [-0.2, -0.15) is 0 Å². The van der Waals surface area contributed by atoms with Crippen LogP contribution in [0.25, 0.3) is 17.0 Å². The monoisotopic (exact) mass is 277 g/mol. The molecule has 0 unspecified atom stereocenters. The van der Waals surface area contributed by atoms with E-state index in [9.17, 15) is 0 Å².